The summed E-state index contributed by atoms with van der Waals surface area (Å²) in [5.74, 6) is 0. The Morgan fingerprint density at radius 2 is 1.44 bits per heavy atom. The molecule has 0 unspecified atom stereocenters. The number of carboxylic acid groups (broad SMARTS) is 1. The Bertz CT molecular complexity index is 46.3. The second kappa shape index (κ2) is 24.4. The van der Waals surface area contributed by atoms with Gasteiger partial charge in [0.2, 0.25) is 0 Å². The zero-order valence-electron chi connectivity index (χ0n) is 4.76. The maximum Gasteiger partial charge on any atom is 0.505 e. The van der Waals surface area contributed by atoms with Gasteiger partial charge < -0.3 is 26.3 Å². The fourth-order valence-corrected chi connectivity index (χ4v) is 0. The van der Waals surface area contributed by atoms with Crippen LogP contribution >= 0.6 is 0 Å². The molecule has 58 valence electrons. The molecule has 6 nitrogen and oxygen atoms in total. The molecular formula is C2H10O6Zr. The van der Waals surface area contributed by atoms with Crippen LogP contribution in [0.25, 0.3) is 0 Å². The van der Waals surface area contributed by atoms with Crippen molar-refractivity contribution in [2.45, 2.75) is 0 Å². The SMILES string of the molecule is COC(=O)O.O.O.O.[Zr]. The largest absolute Gasteiger partial charge is 0.505 e. The molecule has 0 aromatic carbocycles. The summed E-state index contributed by atoms with van der Waals surface area (Å²) in [5, 5.41) is 7.50. The topological polar surface area (TPSA) is 141 Å². The third kappa shape index (κ3) is 70.7. The van der Waals surface area contributed by atoms with Crippen molar-refractivity contribution in [2.24, 2.45) is 0 Å². The summed E-state index contributed by atoms with van der Waals surface area (Å²) in [4.78, 5) is 9.15. The Balaban J connectivity index is -0.0000000133. The van der Waals surface area contributed by atoms with E-state index >= 15 is 0 Å². The van der Waals surface area contributed by atoms with Crippen LogP contribution in [0.1, 0.15) is 0 Å². The summed E-state index contributed by atoms with van der Waals surface area (Å²) in [6, 6.07) is 0. The molecule has 0 saturated heterocycles. The third-order valence-corrected chi connectivity index (χ3v) is 0.175. The maximum atomic E-state index is 9.15. The number of hydrogen-bond donors (Lipinski definition) is 1. The summed E-state index contributed by atoms with van der Waals surface area (Å²) in [5.41, 5.74) is 0. The van der Waals surface area contributed by atoms with E-state index in [2.05, 4.69) is 4.74 Å². The molecule has 0 atom stereocenters. The second-order valence-electron chi connectivity index (χ2n) is 0.470. The quantitative estimate of drug-likeness (QED) is 0.465. The molecule has 0 aliphatic heterocycles. The summed E-state index contributed by atoms with van der Waals surface area (Å²) >= 11 is 0. The van der Waals surface area contributed by atoms with E-state index in [0.717, 1.165) is 7.11 Å². The van der Waals surface area contributed by atoms with Crippen LogP contribution in [0.5, 0.6) is 0 Å². The van der Waals surface area contributed by atoms with Crippen LogP contribution in [0.2, 0.25) is 0 Å². The number of carbonyl (C=O) groups is 1. The van der Waals surface area contributed by atoms with E-state index in [1.807, 2.05) is 0 Å². The molecule has 0 fully saturated rings. The molecule has 0 aliphatic rings. The van der Waals surface area contributed by atoms with Gasteiger partial charge in [-0.1, -0.05) is 0 Å². The normalized spacial score (nSPS) is 3.67. The standard InChI is InChI=1S/C2H4O3.3H2O.Zr/c1-5-2(3)4;;;;/h1H3,(H,3,4);3*1H2;. The Labute approximate surface area is 70.9 Å². The first kappa shape index (κ1) is 35.8. The zero-order chi connectivity index (χ0) is 4.28. The molecular weight excluding hydrogens is 211 g/mol. The van der Waals surface area contributed by atoms with Crippen molar-refractivity contribution >= 4 is 6.16 Å². The number of ether oxygens (including phenoxy) is 1. The average molecular weight is 221 g/mol. The van der Waals surface area contributed by atoms with E-state index in [-0.39, 0.29) is 42.6 Å². The Morgan fingerprint density at radius 1 is 1.33 bits per heavy atom. The van der Waals surface area contributed by atoms with Gasteiger partial charge in [-0.25, -0.2) is 4.79 Å². The first-order valence-electron chi connectivity index (χ1n) is 1.04. The molecule has 0 aliphatic carbocycles. The van der Waals surface area contributed by atoms with Crippen LogP contribution < -0.4 is 0 Å². The van der Waals surface area contributed by atoms with Gasteiger partial charge in [0.15, 0.2) is 0 Å². The van der Waals surface area contributed by atoms with Crippen molar-refractivity contribution in [3.8, 4) is 0 Å². The van der Waals surface area contributed by atoms with Gasteiger partial charge in [-0.05, 0) is 0 Å². The molecule has 9 heavy (non-hydrogen) atoms. The first-order chi connectivity index (χ1) is 2.27. The summed E-state index contributed by atoms with van der Waals surface area (Å²) in [6.07, 6.45) is -1.25. The monoisotopic (exact) mass is 220 g/mol. The predicted octanol–water partition coefficient (Wildman–Crippen LogP) is -2.17. The fourth-order valence-electron chi connectivity index (χ4n) is 0. The Morgan fingerprint density at radius 3 is 1.44 bits per heavy atom. The molecule has 7 N–H and O–H groups in total. The van der Waals surface area contributed by atoms with Gasteiger partial charge in [0.1, 0.15) is 0 Å². The number of hydrogen-bond acceptors (Lipinski definition) is 2. The van der Waals surface area contributed by atoms with Gasteiger partial charge in [0, 0.05) is 26.2 Å². The molecule has 0 aromatic rings. The molecule has 0 amide bonds. The van der Waals surface area contributed by atoms with Gasteiger partial charge in [0.25, 0.3) is 0 Å². The van der Waals surface area contributed by atoms with Crippen LogP contribution in [-0.2, 0) is 30.9 Å². The predicted molar refractivity (Wildman–Crippen MR) is 25.9 cm³/mol. The molecule has 0 rings (SSSR count). The summed E-state index contributed by atoms with van der Waals surface area (Å²) in [7, 11) is 1.10. The maximum absolute atomic E-state index is 9.15. The fraction of sp³-hybridized carbons (Fsp3) is 0.500. The molecule has 0 saturated carbocycles. The van der Waals surface area contributed by atoms with E-state index in [0.29, 0.717) is 0 Å². The average Bonchev–Trinajstić information content (AvgIpc) is 1.38. The van der Waals surface area contributed by atoms with Crippen molar-refractivity contribution in [1.29, 1.82) is 0 Å². The minimum Gasteiger partial charge on any atom is -0.450 e. The van der Waals surface area contributed by atoms with Crippen molar-refractivity contribution in [3.05, 3.63) is 0 Å². The molecule has 0 aromatic heterocycles. The Kier molecular flexibility index (Phi) is 97.3. The van der Waals surface area contributed by atoms with Crippen molar-refractivity contribution in [1.82, 2.24) is 0 Å². The van der Waals surface area contributed by atoms with E-state index in [1.165, 1.54) is 0 Å². The van der Waals surface area contributed by atoms with Gasteiger partial charge in [-0.15, -0.1) is 0 Å². The van der Waals surface area contributed by atoms with Crippen molar-refractivity contribution < 1.29 is 57.3 Å². The van der Waals surface area contributed by atoms with E-state index in [1.54, 1.807) is 0 Å². The van der Waals surface area contributed by atoms with Crippen molar-refractivity contribution in [3.63, 3.8) is 0 Å². The minimum atomic E-state index is -1.25. The first-order valence-corrected chi connectivity index (χ1v) is 1.04. The Hall–Kier alpha value is 0.0331. The van der Waals surface area contributed by atoms with Gasteiger partial charge in [0.05, 0.1) is 7.11 Å². The van der Waals surface area contributed by atoms with Crippen LogP contribution in [0.3, 0.4) is 0 Å². The van der Waals surface area contributed by atoms with Gasteiger partial charge in [-0.2, -0.15) is 0 Å². The van der Waals surface area contributed by atoms with E-state index in [4.69, 9.17) is 9.90 Å². The molecule has 0 radical (unpaired) electrons. The second-order valence-corrected chi connectivity index (χ2v) is 0.470. The van der Waals surface area contributed by atoms with E-state index in [9.17, 15) is 0 Å². The third-order valence-electron chi connectivity index (χ3n) is 0.175. The minimum absolute atomic E-state index is 0. The summed E-state index contributed by atoms with van der Waals surface area (Å²) in [6.45, 7) is 0. The van der Waals surface area contributed by atoms with Crippen molar-refractivity contribution in [2.75, 3.05) is 7.11 Å². The zero-order valence-corrected chi connectivity index (χ0v) is 7.22. The number of methoxy groups -OCH3 is 1. The summed E-state index contributed by atoms with van der Waals surface area (Å²) < 4.78 is 3.67. The molecule has 0 spiro atoms. The smallest absolute Gasteiger partial charge is 0.450 e. The van der Waals surface area contributed by atoms with Crippen LogP contribution in [0.15, 0.2) is 0 Å². The van der Waals surface area contributed by atoms with Gasteiger partial charge in [-0.3, -0.25) is 0 Å². The van der Waals surface area contributed by atoms with Crippen LogP contribution in [-0.4, -0.2) is 34.8 Å². The molecule has 0 bridgehead atoms. The van der Waals surface area contributed by atoms with Gasteiger partial charge >= 0.3 is 6.16 Å². The molecule has 7 heteroatoms. The number of rotatable bonds is 0. The van der Waals surface area contributed by atoms with Crippen LogP contribution in [0, 0.1) is 0 Å². The van der Waals surface area contributed by atoms with Crippen LogP contribution in [0.4, 0.5) is 4.79 Å². The molecule has 0 heterocycles. The van der Waals surface area contributed by atoms with E-state index < -0.39 is 6.16 Å².